The molecule has 86 heavy (non-hydrogen) atoms. The van der Waals surface area contributed by atoms with Crippen LogP contribution < -0.4 is 42.2 Å². The molecule has 0 atom stereocenters. The predicted octanol–water partition coefficient (Wildman–Crippen LogP) is 7.75. The number of carbonyl (C=O) groups is 6. The third-order valence-corrected chi connectivity index (χ3v) is 12.4. The highest BCUT2D eigenvalue weighted by Crippen LogP contribution is 2.34. The van der Waals surface area contributed by atoms with E-state index in [-0.39, 0.29) is 83.2 Å². The SMILES string of the molecule is CCn1nc(C)cc1C(=O)Nc1nc2cc(C(N)=O)cc(OC/C=C/Cn3cc(NC(=O)OC(C)(C)C)cn3)c2n1C/C=C/Cn1c(NC(=O)c2cc(C)nn2CC)nc2cc(C(N)=O)cc(OC/C=C/Cn3cc(NC(=O)OC(C)(C)C)cn3)c21. The number of aromatic nitrogens is 12. The lowest BCUT2D eigenvalue weighted by Gasteiger charge is -2.19. The second kappa shape index (κ2) is 26.4. The number of imidazole rings is 2. The van der Waals surface area contributed by atoms with Crippen molar-refractivity contribution in [3.8, 4) is 11.5 Å². The lowest BCUT2D eigenvalue weighted by Crippen LogP contribution is -2.27. The topological polar surface area (TPSA) is 346 Å². The average Bonchev–Trinajstić information content (AvgIpc) is 1.76. The number of hydrogen-bond acceptors (Lipinski definition) is 16. The largest absolute Gasteiger partial charge is 0.487 e. The summed E-state index contributed by atoms with van der Waals surface area (Å²) in [5, 5.41) is 28.7. The third-order valence-electron chi connectivity index (χ3n) is 12.4. The molecule has 6 aromatic heterocycles. The van der Waals surface area contributed by atoms with Crippen LogP contribution in [0.3, 0.4) is 0 Å². The van der Waals surface area contributed by atoms with Gasteiger partial charge in [-0.05, 0) is 118 Å². The zero-order valence-corrected chi connectivity index (χ0v) is 49.5. The molecule has 6 heterocycles. The Morgan fingerprint density at radius 2 is 0.919 bits per heavy atom. The Hall–Kier alpha value is -10.5. The van der Waals surface area contributed by atoms with Crippen molar-refractivity contribution >= 4 is 81.2 Å². The van der Waals surface area contributed by atoms with E-state index in [1.54, 1.807) is 144 Å². The summed E-state index contributed by atoms with van der Waals surface area (Å²) in [6.45, 7) is 19.5. The number of anilines is 4. The van der Waals surface area contributed by atoms with Gasteiger partial charge in [0.2, 0.25) is 23.7 Å². The van der Waals surface area contributed by atoms with Crippen LogP contribution in [0.5, 0.6) is 11.5 Å². The standard InChI is InChI=1S/C58H70N18O10/c1-11-75-43(25-35(3)69-75)51(79)67-53-65-41-27-37(49(59)77)29-45(83-23-17-15-19-71-33-39(31-61-71)63-55(81)85-57(5,6)7)47(41)73(53)21-13-14-22-74-48-42(66-54(74)68-52(80)44-26-36(4)70-76(44)12-2)28-38(50(60)78)30-46(48)84-24-18-16-20-72-34-40(32-62-72)64-56(82)86-58(8,9)10/h13-18,25-34H,11-12,19-24H2,1-10H3,(H2,59,77)(H2,60,78)(H,63,81)(H,64,82)(H,65,67,79)(H,66,68,80)/b14-13+,17-15+,18-16+. The number of fused-ring (bicyclic) bond motifs is 2. The molecule has 0 saturated heterocycles. The van der Waals surface area contributed by atoms with Crippen molar-refractivity contribution in [3.05, 3.63) is 132 Å². The summed E-state index contributed by atoms with van der Waals surface area (Å²) in [4.78, 5) is 88.0. The maximum Gasteiger partial charge on any atom is 0.412 e. The summed E-state index contributed by atoms with van der Waals surface area (Å²) < 4.78 is 33.1. The molecule has 0 fully saturated rings. The predicted molar refractivity (Wildman–Crippen MR) is 320 cm³/mol. The molecular formula is C58H70N18O10. The number of amides is 6. The van der Waals surface area contributed by atoms with Gasteiger partial charge >= 0.3 is 12.2 Å². The number of nitrogens with one attached hydrogen (secondary N) is 4. The van der Waals surface area contributed by atoms with Gasteiger partial charge in [0, 0.05) is 49.7 Å². The maximum absolute atomic E-state index is 14.1. The molecule has 2 aromatic carbocycles. The molecule has 6 amide bonds. The first-order chi connectivity index (χ1) is 40.8. The van der Waals surface area contributed by atoms with Crippen molar-refractivity contribution in [2.75, 3.05) is 34.5 Å². The molecule has 8 rings (SSSR count). The van der Waals surface area contributed by atoms with Crippen LogP contribution in [-0.4, -0.2) is 118 Å². The molecule has 8 N–H and O–H groups in total. The van der Waals surface area contributed by atoms with E-state index in [0.717, 1.165) is 0 Å². The van der Waals surface area contributed by atoms with Gasteiger partial charge < -0.3 is 39.5 Å². The maximum atomic E-state index is 14.1. The second-order valence-corrected chi connectivity index (χ2v) is 21.6. The van der Waals surface area contributed by atoms with E-state index in [4.69, 9.17) is 40.4 Å². The van der Waals surface area contributed by atoms with E-state index < -0.39 is 47.0 Å². The van der Waals surface area contributed by atoms with E-state index in [1.807, 2.05) is 13.8 Å². The van der Waals surface area contributed by atoms with Crippen LogP contribution in [0, 0.1) is 13.8 Å². The second-order valence-electron chi connectivity index (χ2n) is 21.6. The van der Waals surface area contributed by atoms with Crippen LogP contribution >= 0.6 is 0 Å². The molecule has 0 aliphatic heterocycles. The molecular weight excluding hydrogens is 1110 g/mol. The molecule has 28 nitrogen and oxygen atoms in total. The van der Waals surface area contributed by atoms with Crippen molar-refractivity contribution in [1.82, 2.24) is 58.2 Å². The minimum absolute atomic E-state index is 0.0119. The minimum Gasteiger partial charge on any atom is -0.487 e. The lowest BCUT2D eigenvalue weighted by molar-refractivity contribution is 0.0624. The van der Waals surface area contributed by atoms with E-state index in [0.29, 0.717) is 60.0 Å². The normalized spacial score (nSPS) is 12.0. The smallest absolute Gasteiger partial charge is 0.412 e. The first kappa shape index (κ1) is 61.5. The number of allylic oxidation sites excluding steroid dienone is 4. The Labute approximate surface area is 494 Å². The molecule has 452 valence electrons. The molecule has 0 bridgehead atoms. The highest BCUT2D eigenvalue weighted by molar-refractivity contribution is 6.05. The summed E-state index contributed by atoms with van der Waals surface area (Å²) in [6, 6.07) is 9.33. The Kier molecular flexibility index (Phi) is 18.9. The number of nitrogens with zero attached hydrogens (tertiary/aromatic N) is 12. The van der Waals surface area contributed by atoms with Crippen molar-refractivity contribution in [2.24, 2.45) is 11.5 Å². The molecule has 0 radical (unpaired) electrons. The number of ether oxygens (including phenoxy) is 4. The van der Waals surface area contributed by atoms with Gasteiger partial charge in [0.15, 0.2) is 0 Å². The van der Waals surface area contributed by atoms with E-state index in [2.05, 4.69) is 41.7 Å². The lowest BCUT2D eigenvalue weighted by atomic mass is 10.1. The fourth-order valence-corrected chi connectivity index (χ4v) is 8.82. The van der Waals surface area contributed by atoms with Crippen LogP contribution in [0.15, 0.2) is 97.6 Å². The molecule has 0 saturated carbocycles. The fraction of sp³-hybridized carbons (Fsp3) is 0.345. The number of aryl methyl sites for hydroxylation is 4. The third kappa shape index (κ3) is 15.8. The van der Waals surface area contributed by atoms with Crippen molar-refractivity contribution in [2.45, 2.75) is 120 Å². The Bertz CT molecular complexity index is 3680. The first-order valence-corrected chi connectivity index (χ1v) is 27.5. The summed E-state index contributed by atoms with van der Waals surface area (Å²) in [5.74, 6) is -1.83. The van der Waals surface area contributed by atoms with Gasteiger partial charge in [-0.3, -0.25) is 59.2 Å². The van der Waals surface area contributed by atoms with Crippen molar-refractivity contribution in [3.63, 3.8) is 0 Å². The Morgan fingerprint density at radius 1 is 0.535 bits per heavy atom. The summed E-state index contributed by atoms with van der Waals surface area (Å²) in [5.41, 5.74) is 14.6. The number of hydrogen-bond donors (Lipinski definition) is 6. The van der Waals surface area contributed by atoms with Gasteiger partial charge in [-0.2, -0.15) is 20.4 Å². The van der Waals surface area contributed by atoms with Crippen LogP contribution in [0.2, 0.25) is 0 Å². The van der Waals surface area contributed by atoms with E-state index >= 15 is 0 Å². The fourth-order valence-electron chi connectivity index (χ4n) is 8.82. The molecule has 0 aliphatic rings. The molecule has 28 heteroatoms. The van der Waals surface area contributed by atoms with Gasteiger partial charge in [-0.25, -0.2) is 19.6 Å². The van der Waals surface area contributed by atoms with Crippen LogP contribution in [0.4, 0.5) is 32.9 Å². The summed E-state index contributed by atoms with van der Waals surface area (Å²) in [6.07, 6.45) is 15.8. The minimum atomic E-state index is -0.741. The number of carbonyl (C=O) groups excluding carboxylic acids is 6. The van der Waals surface area contributed by atoms with Crippen LogP contribution in [-0.2, 0) is 48.7 Å². The highest BCUT2D eigenvalue weighted by atomic mass is 16.6. The van der Waals surface area contributed by atoms with E-state index in [9.17, 15) is 28.8 Å². The molecule has 0 unspecified atom stereocenters. The van der Waals surface area contributed by atoms with Gasteiger partial charge in [0.1, 0.15) is 58.3 Å². The first-order valence-electron chi connectivity index (χ1n) is 27.5. The van der Waals surface area contributed by atoms with Gasteiger partial charge in [-0.15, -0.1) is 0 Å². The highest BCUT2D eigenvalue weighted by Gasteiger charge is 2.25. The van der Waals surface area contributed by atoms with Crippen LogP contribution in [0.1, 0.15) is 108 Å². The zero-order valence-electron chi connectivity index (χ0n) is 49.5. The van der Waals surface area contributed by atoms with Crippen molar-refractivity contribution < 1.29 is 47.7 Å². The Balaban J connectivity index is 1.10. The van der Waals surface area contributed by atoms with Crippen LogP contribution in [0.25, 0.3) is 22.1 Å². The molecule has 0 aliphatic carbocycles. The Morgan fingerprint density at radius 3 is 1.28 bits per heavy atom. The number of primary amides is 2. The number of rotatable bonds is 24. The van der Waals surface area contributed by atoms with E-state index in [1.165, 1.54) is 36.7 Å². The van der Waals surface area contributed by atoms with Gasteiger partial charge in [0.05, 0.1) is 59.3 Å². The molecule has 0 spiro atoms. The number of nitrogens with two attached hydrogens (primary N) is 2. The monoisotopic (exact) mass is 1180 g/mol. The van der Waals surface area contributed by atoms with Gasteiger partial charge in [-0.1, -0.05) is 24.3 Å². The number of benzene rings is 2. The molecule has 8 aromatic rings. The summed E-state index contributed by atoms with van der Waals surface area (Å²) in [7, 11) is 0. The van der Waals surface area contributed by atoms with Gasteiger partial charge in [0.25, 0.3) is 11.8 Å². The zero-order chi connectivity index (χ0) is 62.0. The van der Waals surface area contributed by atoms with Crippen molar-refractivity contribution in [1.29, 1.82) is 0 Å². The average molecular weight is 1180 g/mol. The summed E-state index contributed by atoms with van der Waals surface area (Å²) >= 11 is 0. The quantitative estimate of drug-likeness (QED) is 0.0315.